The van der Waals surface area contributed by atoms with Gasteiger partial charge in [0.2, 0.25) is 0 Å². The number of rotatable bonds is 6. The average molecular weight is 342 g/mol. The van der Waals surface area contributed by atoms with E-state index in [0.29, 0.717) is 48.9 Å². The summed E-state index contributed by atoms with van der Waals surface area (Å²) in [6, 6.07) is 4.84. The maximum absolute atomic E-state index is 12.7. The number of aliphatic carboxylic acids is 1. The summed E-state index contributed by atoms with van der Waals surface area (Å²) < 4.78 is 10.5. The van der Waals surface area contributed by atoms with Crippen LogP contribution in [0.15, 0.2) is 18.2 Å². The molecule has 1 amide bonds. The molecule has 0 radical (unpaired) electrons. The molecule has 1 aromatic carbocycles. The Morgan fingerprint density at radius 2 is 2.17 bits per heavy atom. The summed E-state index contributed by atoms with van der Waals surface area (Å²) >= 11 is 6.00. The number of carbonyl (C=O) groups is 2. The number of carboxylic acid groups (broad SMARTS) is 1. The molecule has 1 aliphatic heterocycles. The van der Waals surface area contributed by atoms with E-state index >= 15 is 0 Å². The van der Waals surface area contributed by atoms with Crippen LogP contribution in [0.25, 0.3) is 0 Å². The maximum Gasteiger partial charge on any atom is 0.308 e. The molecule has 0 saturated carbocycles. The van der Waals surface area contributed by atoms with Gasteiger partial charge in [-0.3, -0.25) is 9.59 Å². The second kappa shape index (κ2) is 8.17. The van der Waals surface area contributed by atoms with Crippen LogP contribution in [0, 0.1) is 5.92 Å². The van der Waals surface area contributed by atoms with E-state index in [1.165, 1.54) is 0 Å². The third kappa shape index (κ3) is 4.59. The Bertz CT molecular complexity index is 578. The highest BCUT2D eigenvalue weighted by atomic mass is 35.5. The van der Waals surface area contributed by atoms with Crippen LogP contribution in [0.3, 0.4) is 0 Å². The zero-order chi connectivity index (χ0) is 16.8. The lowest BCUT2D eigenvalue weighted by Gasteiger charge is -2.31. The van der Waals surface area contributed by atoms with Crippen molar-refractivity contribution in [2.45, 2.75) is 12.8 Å². The Morgan fingerprint density at radius 1 is 1.39 bits per heavy atom. The van der Waals surface area contributed by atoms with Crippen LogP contribution in [0.2, 0.25) is 5.02 Å². The van der Waals surface area contributed by atoms with Crippen LogP contribution in [0.4, 0.5) is 0 Å². The minimum atomic E-state index is -0.870. The van der Waals surface area contributed by atoms with E-state index < -0.39 is 11.9 Å². The number of hydrogen-bond acceptors (Lipinski definition) is 4. The summed E-state index contributed by atoms with van der Waals surface area (Å²) in [5, 5.41) is 9.58. The second-order valence-electron chi connectivity index (χ2n) is 5.41. The van der Waals surface area contributed by atoms with E-state index in [-0.39, 0.29) is 12.5 Å². The molecule has 0 spiro atoms. The number of carbonyl (C=O) groups excluding carboxylic acids is 1. The van der Waals surface area contributed by atoms with E-state index in [1.54, 1.807) is 30.2 Å². The molecule has 23 heavy (non-hydrogen) atoms. The fourth-order valence-electron chi connectivity index (χ4n) is 2.56. The number of piperidine rings is 1. The fraction of sp³-hybridized carbons (Fsp3) is 0.500. The van der Waals surface area contributed by atoms with Gasteiger partial charge < -0.3 is 19.5 Å². The first-order chi connectivity index (χ1) is 11.0. The zero-order valence-corrected chi connectivity index (χ0v) is 13.7. The molecule has 2 rings (SSSR count). The number of hydrogen-bond donors (Lipinski definition) is 1. The van der Waals surface area contributed by atoms with Crippen molar-refractivity contribution in [3.63, 3.8) is 0 Å². The summed E-state index contributed by atoms with van der Waals surface area (Å²) in [7, 11) is 1.57. The monoisotopic (exact) mass is 341 g/mol. The van der Waals surface area contributed by atoms with Crippen molar-refractivity contribution >= 4 is 23.5 Å². The van der Waals surface area contributed by atoms with Crippen molar-refractivity contribution in [1.29, 1.82) is 0 Å². The molecule has 0 aromatic heterocycles. The summed E-state index contributed by atoms with van der Waals surface area (Å²) in [4.78, 5) is 25.4. The Morgan fingerprint density at radius 3 is 2.87 bits per heavy atom. The molecule has 1 heterocycles. The number of carboxylic acids is 1. The fourth-order valence-corrected chi connectivity index (χ4v) is 2.74. The Hall–Kier alpha value is -1.79. The summed E-state index contributed by atoms with van der Waals surface area (Å²) in [5.74, 6) is -1.23. The van der Waals surface area contributed by atoms with Crippen molar-refractivity contribution in [3.8, 4) is 5.75 Å². The lowest BCUT2D eigenvalue weighted by Crippen LogP contribution is -2.42. The van der Waals surface area contributed by atoms with Crippen molar-refractivity contribution in [3.05, 3.63) is 28.8 Å². The van der Waals surface area contributed by atoms with Crippen molar-refractivity contribution < 1.29 is 24.2 Å². The maximum atomic E-state index is 12.7. The van der Waals surface area contributed by atoms with Gasteiger partial charge in [-0.1, -0.05) is 11.6 Å². The summed E-state index contributed by atoms with van der Waals surface area (Å²) in [6.07, 6.45) is 1.26. The van der Waals surface area contributed by atoms with Crippen molar-refractivity contribution in [2.24, 2.45) is 5.92 Å². The van der Waals surface area contributed by atoms with Crippen LogP contribution >= 0.6 is 11.6 Å². The first-order valence-corrected chi connectivity index (χ1v) is 7.84. The molecule has 1 aromatic rings. The van der Waals surface area contributed by atoms with Gasteiger partial charge in [-0.25, -0.2) is 0 Å². The summed E-state index contributed by atoms with van der Waals surface area (Å²) in [6.45, 7) is 1.46. The SMILES string of the molecule is COCCOc1ccc(Cl)cc1C(=O)N1CCCC(C(=O)O)C1. The van der Waals surface area contributed by atoms with E-state index in [0.717, 1.165) is 0 Å². The van der Waals surface area contributed by atoms with Crippen LogP contribution < -0.4 is 4.74 Å². The van der Waals surface area contributed by atoms with E-state index in [2.05, 4.69) is 0 Å². The predicted octanol–water partition coefficient (Wildman–Crippen LogP) is 2.30. The lowest BCUT2D eigenvalue weighted by molar-refractivity contribution is -0.143. The van der Waals surface area contributed by atoms with Crippen molar-refractivity contribution in [2.75, 3.05) is 33.4 Å². The molecule has 1 fully saturated rings. The van der Waals surface area contributed by atoms with Gasteiger partial charge >= 0.3 is 5.97 Å². The highest BCUT2D eigenvalue weighted by molar-refractivity contribution is 6.31. The third-order valence-electron chi connectivity index (χ3n) is 3.77. The number of nitrogens with zero attached hydrogens (tertiary/aromatic N) is 1. The van der Waals surface area contributed by atoms with Crippen LogP contribution in [0.1, 0.15) is 23.2 Å². The first-order valence-electron chi connectivity index (χ1n) is 7.46. The molecule has 6 nitrogen and oxygen atoms in total. The smallest absolute Gasteiger partial charge is 0.308 e. The molecular formula is C16H20ClNO5. The van der Waals surface area contributed by atoms with Gasteiger partial charge in [0, 0.05) is 25.2 Å². The minimum Gasteiger partial charge on any atom is -0.490 e. The van der Waals surface area contributed by atoms with Crippen LogP contribution in [-0.4, -0.2) is 55.3 Å². The molecule has 1 saturated heterocycles. The normalized spacial score (nSPS) is 17.8. The first kappa shape index (κ1) is 17.6. The molecule has 1 unspecified atom stereocenters. The van der Waals surface area contributed by atoms with E-state index in [1.807, 2.05) is 0 Å². The standard InChI is InChI=1S/C16H20ClNO5/c1-22-7-8-23-14-5-4-12(17)9-13(14)15(19)18-6-2-3-11(10-18)16(20)21/h4-5,9,11H,2-3,6-8,10H2,1H3,(H,20,21). The van der Waals surface area contributed by atoms with Gasteiger partial charge in [-0.2, -0.15) is 0 Å². The molecule has 1 N–H and O–H groups in total. The highest BCUT2D eigenvalue weighted by Crippen LogP contribution is 2.26. The van der Waals surface area contributed by atoms with Crippen LogP contribution in [0.5, 0.6) is 5.75 Å². The predicted molar refractivity (Wildman–Crippen MR) is 85.1 cm³/mol. The zero-order valence-electron chi connectivity index (χ0n) is 13.0. The van der Waals surface area contributed by atoms with Gasteiger partial charge in [0.1, 0.15) is 12.4 Å². The highest BCUT2D eigenvalue weighted by Gasteiger charge is 2.30. The number of likely N-dealkylation sites (tertiary alicyclic amines) is 1. The Labute approximate surface area is 139 Å². The number of benzene rings is 1. The molecule has 0 aliphatic carbocycles. The Balaban J connectivity index is 2.16. The number of amides is 1. The molecule has 1 aliphatic rings. The lowest BCUT2D eigenvalue weighted by atomic mass is 9.97. The molecule has 126 valence electrons. The van der Waals surface area contributed by atoms with Crippen molar-refractivity contribution in [1.82, 2.24) is 4.90 Å². The van der Waals surface area contributed by atoms with Crippen LogP contribution in [-0.2, 0) is 9.53 Å². The number of methoxy groups -OCH3 is 1. The number of ether oxygens (including phenoxy) is 2. The molecule has 7 heteroatoms. The topological polar surface area (TPSA) is 76.1 Å². The van der Waals surface area contributed by atoms with Gasteiger partial charge in [0.15, 0.2) is 0 Å². The molecule has 1 atom stereocenters. The minimum absolute atomic E-state index is 0.207. The second-order valence-corrected chi connectivity index (χ2v) is 5.85. The largest absolute Gasteiger partial charge is 0.490 e. The van der Waals surface area contributed by atoms with Gasteiger partial charge in [-0.15, -0.1) is 0 Å². The van der Waals surface area contributed by atoms with Gasteiger partial charge in [0.05, 0.1) is 18.1 Å². The van der Waals surface area contributed by atoms with Gasteiger partial charge in [-0.05, 0) is 31.0 Å². The van der Waals surface area contributed by atoms with E-state index in [4.69, 9.17) is 26.2 Å². The van der Waals surface area contributed by atoms with Gasteiger partial charge in [0.25, 0.3) is 5.91 Å². The average Bonchev–Trinajstić information content (AvgIpc) is 2.55. The molecule has 0 bridgehead atoms. The number of halogens is 1. The quantitative estimate of drug-likeness (QED) is 0.803. The molecular weight excluding hydrogens is 322 g/mol. The van der Waals surface area contributed by atoms with E-state index in [9.17, 15) is 9.59 Å². The Kier molecular flexibility index (Phi) is 6.24. The summed E-state index contributed by atoms with van der Waals surface area (Å²) in [5.41, 5.74) is 0.347. The third-order valence-corrected chi connectivity index (χ3v) is 4.01.